The van der Waals surface area contributed by atoms with Gasteiger partial charge in [-0.3, -0.25) is 4.79 Å². The third-order valence-electron chi connectivity index (χ3n) is 1.76. The molecule has 0 saturated carbocycles. The highest BCUT2D eigenvalue weighted by atomic mass is 79.9. The quantitative estimate of drug-likeness (QED) is 0.822. The minimum Gasteiger partial charge on any atom is -0.503 e. The van der Waals surface area contributed by atoms with Crippen LogP contribution in [0.5, 0.6) is 11.5 Å². The van der Waals surface area contributed by atoms with Crippen molar-refractivity contribution < 1.29 is 14.6 Å². The Balaban J connectivity index is 3.12. The Hall–Kier alpha value is -1.49. The number of hydrogen-bond acceptors (Lipinski definition) is 3. The number of amides is 1. The molecule has 0 atom stereocenters. The lowest BCUT2D eigenvalue weighted by Gasteiger charge is -2.06. The average molecular weight is 272 g/mol. The summed E-state index contributed by atoms with van der Waals surface area (Å²) in [5.74, 6) is -0.195. The number of aromatic hydroxyl groups is 1. The fourth-order valence-corrected chi connectivity index (χ4v) is 1.49. The predicted octanol–water partition coefficient (Wildman–Crippen LogP) is 1.66. The molecule has 15 heavy (non-hydrogen) atoms. The van der Waals surface area contributed by atoms with Crippen molar-refractivity contribution >= 4 is 27.9 Å². The molecular formula is C10H10BrNO3. The van der Waals surface area contributed by atoms with Gasteiger partial charge in [-0.05, 0) is 39.7 Å². The Bertz CT molecular complexity index is 415. The maximum atomic E-state index is 10.5. The second-order valence-electron chi connectivity index (χ2n) is 2.76. The molecule has 80 valence electrons. The first-order valence-corrected chi connectivity index (χ1v) is 4.88. The molecule has 0 bridgehead atoms. The van der Waals surface area contributed by atoms with Gasteiger partial charge in [0.15, 0.2) is 11.5 Å². The van der Waals surface area contributed by atoms with Crippen LogP contribution < -0.4 is 10.5 Å². The smallest absolute Gasteiger partial charge is 0.241 e. The summed E-state index contributed by atoms with van der Waals surface area (Å²) in [5, 5.41) is 9.62. The van der Waals surface area contributed by atoms with Crippen LogP contribution in [0.2, 0.25) is 0 Å². The maximum absolute atomic E-state index is 10.5. The minimum atomic E-state index is -0.544. The van der Waals surface area contributed by atoms with E-state index in [1.807, 2.05) is 0 Å². The molecule has 1 rings (SSSR count). The number of methoxy groups -OCH3 is 1. The van der Waals surface area contributed by atoms with Gasteiger partial charge in [0.25, 0.3) is 0 Å². The van der Waals surface area contributed by atoms with Gasteiger partial charge in [-0.1, -0.05) is 0 Å². The van der Waals surface area contributed by atoms with E-state index in [-0.39, 0.29) is 5.75 Å². The van der Waals surface area contributed by atoms with Crippen molar-refractivity contribution in [2.45, 2.75) is 0 Å². The summed E-state index contributed by atoms with van der Waals surface area (Å²) in [4.78, 5) is 10.5. The van der Waals surface area contributed by atoms with E-state index in [2.05, 4.69) is 15.9 Å². The van der Waals surface area contributed by atoms with Gasteiger partial charge < -0.3 is 15.6 Å². The first-order valence-electron chi connectivity index (χ1n) is 4.09. The number of hydrogen-bond donors (Lipinski definition) is 2. The lowest BCUT2D eigenvalue weighted by atomic mass is 10.2. The van der Waals surface area contributed by atoms with Crippen LogP contribution in [0.15, 0.2) is 22.7 Å². The highest BCUT2D eigenvalue weighted by Gasteiger charge is 2.08. The first-order chi connectivity index (χ1) is 7.06. The molecule has 1 aromatic carbocycles. The maximum Gasteiger partial charge on any atom is 0.241 e. The molecule has 0 aromatic heterocycles. The fourth-order valence-electron chi connectivity index (χ4n) is 1.03. The molecule has 0 heterocycles. The molecule has 0 unspecified atom stereocenters. The number of rotatable bonds is 3. The van der Waals surface area contributed by atoms with Gasteiger partial charge in [-0.25, -0.2) is 0 Å². The van der Waals surface area contributed by atoms with Gasteiger partial charge in [0, 0.05) is 6.08 Å². The fraction of sp³-hybridized carbons (Fsp3) is 0.100. The molecule has 0 aliphatic carbocycles. The number of halogens is 1. The van der Waals surface area contributed by atoms with E-state index >= 15 is 0 Å². The Labute approximate surface area is 95.5 Å². The summed E-state index contributed by atoms with van der Waals surface area (Å²) in [5.41, 5.74) is 5.60. The summed E-state index contributed by atoms with van der Waals surface area (Å²) in [6.07, 6.45) is 2.72. The number of carbonyl (C=O) groups is 1. The number of benzene rings is 1. The third-order valence-corrected chi connectivity index (χ3v) is 2.59. The van der Waals surface area contributed by atoms with Crippen molar-refractivity contribution in [1.29, 1.82) is 0 Å². The van der Waals surface area contributed by atoms with E-state index in [1.54, 1.807) is 12.1 Å². The zero-order valence-corrected chi connectivity index (χ0v) is 9.61. The summed E-state index contributed by atoms with van der Waals surface area (Å²) >= 11 is 3.19. The Kier molecular flexibility index (Phi) is 3.74. The van der Waals surface area contributed by atoms with Crippen LogP contribution in [0.3, 0.4) is 0 Å². The normalized spacial score (nSPS) is 10.5. The van der Waals surface area contributed by atoms with Crippen LogP contribution >= 0.6 is 15.9 Å². The van der Waals surface area contributed by atoms with E-state index in [9.17, 15) is 9.90 Å². The third kappa shape index (κ3) is 2.73. The summed E-state index contributed by atoms with van der Waals surface area (Å²) in [7, 11) is 1.46. The molecule has 1 amide bonds. The Morgan fingerprint density at radius 3 is 2.80 bits per heavy atom. The predicted molar refractivity (Wildman–Crippen MR) is 60.6 cm³/mol. The number of ether oxygens (including phenoxy) is 1. The molecule has 0 saturated heterocycles. The Morgan fingerprint density at radius 2 is 2.27 bits per heavy atom. The van der Waals surface area contributed by atoms with Gasteiger partial charge in [-0.2, -0.15) is 0 Å². The lowest BCUT2D eigenvalue weighted by Crippen LogP contribution is -2.05. The van der Waals surface area contributed by atoms with E-state index in [4.69, 9.17) is 10.5 Å². The largest absolute Gasteiger partial charge is 0.503 e. The van der Waals surface area contributed by atoms with E-state index in [0.717, 1.165) is 0 Å². The van der Waals surface area contributed by atoms with Gasteiger partial charge >= 0.3 is 0 Å². The number of carbonyl (C=O) groups excluding carboxylic acids is 1. The van der Waals surface area contributed by atoms with E-state index in [1.165, 1.54) is 19.3 Å². The second-order valence-corrected chi connectivity index (χ2v) is 3.55. The molecular weight excluding hydrogens is 262 g/mol. The highest BCUT2D eigenvalue weighted by Crippen LogP contribution is 2.36. The number of nitrogens with two attached hydrogens (primary N) is 1. The van der Waals surface area contributed by atoms with Crippen molar-refractivity contribution in [3.05, 3.63) is 28.2 Å². The van der Waals surface area contributed by atoms with E-state index in [0.29, 0.717) is 15.8 Å². The van der Waals surface area contributed by atoms with Crippen LogP contribution in [0.4, 0.5) is 0 Å². The highest BCUT2D eigenvalue weighted by molar-refractivity contribution is 9.10. The van der Waals surface area contributed by atoms with Gasteiger partial charge in [0.05, 0.1) is 11.6 Å². The van der Waals surface area contributed by atoms with Gasteiger partial charge in [0.2, 0.25) is 5.91 Å². The van der Waals surface area contributed by atoms with Gasteiger partial charge in [0.1, 0.15) is 0 Å². The van der Waals surface area contributed by atoms with Crippen molar-refractivity contribution in [3.8, 4) is 11.5 Å². The molecule has 0 spiro atoms. The molecule has 0 radical (unpaired) electrons. The van der Waals surface area contributed by atoms with E-state index < -0.39 is 5.91 Å². The molecule has 4 nitrogen and oxygen atoms in total. The minimum absolute atomic E-state index is 0.0101. The number of phenolic OH excluding ortho intramolecular Hbond substituents is 1. The molecule has 0 fully saturated rings. The molecule has 3 N–H and O–H groups in total. The molecule has 1 aromatic rings. The van der Waals surface area contributed by atoms with Crippen molar-refractivity contribution in [3.63, 3.8) is 0 Å². The molecule has 0 aliphatic rings. The number of primary amides is 1. The SMILES string of the molecule is COc1ccc(/C=C\C(N)=O)c(Br)c1O. The first kappa shape index (κ1) is 11.6. The standard InChI is InChI=1S/C10H10BrNO3/c1-15-7-4-2-6(3-5-8(12)13)9(11)10(7)14/h2-5,14H,1H3,(H2,12,13)/b5-3-. The van der Waals surface area contributed by atoms with Crippen LogP contribution in [-0.4, -0.2) is 18.1 Å². The van der Waals surface area contributed by atoms with Crippen LogP contribution in [-0.2, 0) is 4.79 Å². The summed E-state index contributed by atoms with van der Waals surface area (Å²) < 4.78 is 5.37. The lowest BCUT2D eigenvalue weighted by molar-refractivity contribution is -0.113. The van der Waals surface area contributed by atoms with Crippen LogP contribution in [0.1, 0.15) is 5.56 Å². The summed E-state index contributed by atoms with van der Waals surface area (Å²) in [6, 6.07) is 3.29. The van der Waals surface area contributed by atoms with Crippen LogP contribution in [0, 0.1) is 0 Å². The molecule has 0 aliphatic heterocycles. The van der Waals surface area contributed by atoms with Gasteiger partial charge in [-0.15, -0.1) is 0 Å². The average Bonchev–Trinajstić information content (AvgIpc) is 2.20. The van der Waals surface area contributed by atoms with Crippen molar-refractivity contribution in [2.24, 2.45) is 5.73 Å². The molecule has 5 heteroatoms. The second kappa shape index (κ2) is 4.84. The topological polar surface area (TPSA) is 72.5 Å². The van der Waals surface area contributed by atoms with Crippen molar-refractivity contribution in [1.82, 2.24) is 0 Å². The zero-order valence-electron chi connectivity index (χ0n) is 8.03. The van der Waals surface area contributed by atoms with Crippen LogP contribution in [0.25, 0.3) is 6.08 Å². The Morgan fingerprint density at radius 1 is 1.60 bits per heavy atom. The summed E-state index contributed by atoms with van der Waals surface area (Å²) in [6.45, 7) is 0. The van der Waals surface area contributed by atoms with Crippen molar-refractivity contribution in [2.75, 3.05) is 7.11 Å². The zero-order chi connectivity index (χ0) is 11.4. The monoisotopic (exact) mass is 271 g/mol. The number of phenols is 1.